The van der Waals surface area contributed by atoms with Crippen LogP contribution in [-0.4, -0.2) is 44.4 Å². The maximum atomic E-state index is 13.0. The van der Waals surface area contributed by atoms with Crippen molar-refractivity contribution in [3.05, 3.63) is 76.7 Å². The molecule has 1 aliphatic heterocycles. The van der Waals surface area contributed by atoms with Gasteiger partial charge in [0.15, 0.2) is 0 Å². The van der Waals surface area contributed by atoms with Gasteiger partial charge in [-0.1, -0.05) is 11.6 Å². The Morgan fingerprint density at radius 1 is 1.24 bits per heavy atom. The predicted molar refractivity (Wildman–Crippen MR) is 122 cm³/mol. The number of hydrogen-bond acceptors (Lipinski definition) is 6. The van der Waals surface area contributed by atoms with Crippen LogP contribution in [0.2, 0.25) is 5.02 Å². The Labute approximate surface area is 196 Å². The number of likely N-dealkylation sites (tertiary alicyclic amines) is 1. The average molecular weight is 470 g/mol. The number of carbonyl (C=O) groups is 2. The summed E-state index contributed by atoms with van der Waals surface area (Å²) in [5.74, 6) is -0.244. The van der Waals surface area contributed by atoms with Gasteiger partial charge in [-0.25, -0.2) is 4.98 Å². The van der Waals surface area contributed by atoms with Gasteiger partial charge < -0.3 is 23.7 Å². The van der Waals surface area contributed by atoms with Crippen molar-refractivity contribution in [2.75, 3.05) is 13.2 Å². The van der Waals surface area contributed by atoms with Crippen molar-refractivity contribution in [1.29, 1.82) is 0 Å². The number of nitrogens with zero attached hydrogens (tertiary/aromatic N) is 3. The molecule has 172 valence electrons. The highest BCUT2D eigenvalue weighted by Gasteiger charge is 2.47. The van der Waals surface area contributed by atoms with Gasteiger partial charge in [-0.2, -0.15) is 0 Å². The van der Waals surface area contributed by atoms with Crippen LogP contribution in [0.5, 0.6) is 5.75 Å². The van der Waals surface area contributed by atoms with Gasteiger partial charge >= 0.3 is 0 Å². The second-order valence-electron chi connectivity index (χ2n) is 7.67. The number of carbonyl (C=O) groups excluding carboxylic acids is 2. The number of furan rings is 1. The number of aromatic nitrogens is 2. The summed E-state index contributed by atoms with van der Waals surface area (Å²) in [6, 6.07) is 7.37. The second-order valence-corrected chi connectivity index (χ2v) is 8.08. The minimum Gasteiger partial charge on any atom is -0.507 e. The number of aliphatic hydroxyl groups excluding tert-OH is 1. The highest BCUT2D eigenvalue weighted by atomic mass is 35.5. The van der Waals surface area contributed by atoms with Crippen LogP contribution in [0.15, 0.2) is 59.0 Å². The third-order valence-corrected chi connectivity index (χ3v) is 5.75. The second kappa shape index (κ2) is 9.54. The molecule has 33 heavy (non-hydrogen) atoms. The van der Waals surface area contributed by atoms with Gasteiger partial charge in [-0.15, -0.1) is 0 Å². The zero-order valence-electron chi connectivity index (χ0n) is 18.3. The van der Waals surface area contributed by atoms with Crippen LogP contribution in [0, 0.1) is 6.92 Å². The zero-order valence-corrected chi connectivity index (χ0v) is 19.1. The minimum atomic E-state index is -0.841. The molecule has 1 unspecified atom stereocenters. The quantitative estimate of drug-likeness (QED) is 0.299. The summed E-state index contributed by atoms with van der Waals surface area (Å²) in [5, 5.41) is 11.4. The van der Waals surface area contributed by atoms with Gasteiger partial charge in [0, 0.05) is 31.0 Å². The molecule has 1 aromatic carbocycles. The molecule has 0 saturated carbocycles. The van der Waals surface area contributed by atoms with E-state index in [1.54, 1.807) is 43.7 Å². The lowest BCUT2D eigenvalue weighted by Gasteiger charge is -2.23. The Kier molecular flexibility index (Phi) is 6.55. The van der Waals surface area contributed by atoms with E-state index in [0.29, 0.717) is 54.0 Å². The number of ketones is 1. The number of rotatable bonds is 8. The first-order valence-corrected chi connectivity index (χ1v) is 11.0. The molecular formula is C24H24ClN3O5. The molecule has 9 heteroatoms. The Morgan fingerprint density at radius 2 is 2.06 bits per heavy atom. The van der Waals surface area contributed by atoms with E-state index in [2.05, 4.69) is 4.98 Å². The average Bonchev–Trinajstić information content (AvgIpc) is 3.52. The summed E-state index contributed by atoms with van der Waals surface area (Å²) in [7, 11) is 0. The minimum absolute atomic E-state index is 0.0304. The van der Waals surface area contributed by atoms with Gasteiger partial charge in [0.1, 0.15) is 29.1 Å². The topological polar surface area (TPSA) is 97.8 Å². The lowest BCUT2D eigenvalue weighted by Crippen LogP contribution is -2.31. The first-order chi connectivity index (χ1) is 15.9. The largest absolute Gasteiger partial charge is 0.507 e. The highest BCUT2D eigenvalue weighted by Crippen LogP contribution is 2.41. The predicted octanol–water partition coefficient (Wildman–Crippen LogP) is 4.35. The van der Waals surface area contributed by atoms with Crippen molar-refractivity contribution < 1.29 is 23.8 Å². The Hall–Kier alpha value is -3.52. The normalized spacial score (nSPS) is 17.7. The van der Waals surface area contributed by atoms with E-state index in [0.717, 1.165) is 0 Å². The van der Waals surface area contributed by atoms with Crippen molar-refractivity contribution in [1.82, 2.24) is 14.5 Å². The van der Waals surface area contributed by atoms with Crippen LogP contribution in [0.25, 0.3) is 5.76 Å². The molecule has 0 bridgehead atoms. The number of Topliss-reactive ketones (excluding diaryl/α,β-unsaturated/α-hetero) is 1. The summed E-state index contributed by atoms with van der Waals surface area (Å²) in [5.41, 5.74) is 0.283. The fraction of sp³-hybridized carbons (Fsp3) is 0.292. The van der Waals surface area contributed by atoms with Crippen molar-refractivity contribution in [3.8, 4) is 5.75 Å². The lowest BCUT2D eigenvalue weighted by atomic mass is 9.99. The third kappa shape index (κ3) is 4.52. The maximum absolute atomic E-state index is 13.0. The van der Waals surface area contributed by atoms with Crippen molar-refractivity contribution in [2.24, 2.45) is 0 Å². The number of aryl methyl sites for hydroxylation is 2. The number of aliphatic hydroxyl groups is 1. The van der Waals surface area contributed by atoms with Crippen LogP contribution >= 0.6 is 11.6 Å². The maximum Gasteiger partial charge on any atom is 0.295 e. The van der Waals surface area contributed by atoms with E-state index in [9.17, 15) is 14.7 Å². The van der Waals surface area contributed by atoms with E-state index >= 15 is 0 Å². The van der Waals surface area contributed by atoms with Crippen molar-refractivity contribution >= 4 is 29.1 Å². The fourth-order valence-electron chi connectivity index (χ4n) is 3.93. The molecular weight excluding hydrogens is 446 g/mol. The molecule has 0 aliphatic carbocycles. The SMILES string of the molecule is CCOc1ccc(/C(O)=C2/C(=O)C(=O)N(CCCn3ccnc3)C2c2ccc(C)o2)cc1Cl. The number of halogens is 1. The molecule has 1 aliphatic rings. The monoisotopic (exact) mass is 469 g/mol. The van der Waals surface area contributed by atoms with Crippen LogP contribution in [-0.2, 0) is 16.1 Å². The van der Waals surface area contributed by atoms with Gasteiger partial charge in [0.25, 0.3) is 11.7 Å². The van der Waals surface area contributed by atoms with Gasteiger partial charge in [0.05, 0.1) is 23.5 Å². The summed E-state index contributed by atoms with van der Waals surface area (Å²) >= 11 is 6.28. The Bertz CT molecular complexity index is 1200. The molecule has 1 atom stereocenters. The van der Waals surface area contributed by atoms with Gasteiger partial charge in [0.2, 0.25) is 0 Å². The van der Waals surface area contributed by atoms with Crippen molar-refractivity contribution in [2.45, 2.75) is 32.9 Å². The smallest absolute Gasteiger partial charge is 0.295 e. The number of imidazole rings is 1. The van der Waals surface area contributed by atoms with Crippen LogP contribution in [0.1, 0.15) is 36.5 Å². The van der Waals surface area contributed by atoms with E-state index in [1.807, 2.05) is 17.7 Å². The molecule has 3 heterocycles. The summed E-state index contributed by atoms with van der Waals surface area (Å²) in [6.07, 6.45) is 5.79. The van der Waals surface area contributed by atoms with Crippen molar-refractivity contribution in [3.63, 3.8) is 0 Å². The molecule has 1 saturated heterocycles. The number of benzene rings is 1. The number of ether oxygens (including phenoxy) is 1. The molecule has 1 fully saturated rings. The third-order valence-electron chi connectivity index (χ3n) is 5.45. The summed E-state index contributed by atoms with van der Waals surface area (Å²) in [6.45, 7) is 4.98. The summed E-state index contributed by atoms with van der Waals surface area (Å²) in [4.78, 5) is 31.5. The molecule has 1 N–H and O–H groups in total. The Morgan fingerprint density at radius 3 is 2.70 bits per heavy atom. The molecule has 1 amide bonds. The summed E-state index contributed by atoms with van der Waals surface area (Å²) < 4.78 is 13.1. The van der Waals surface area contributed by atoms with Crippen LogP contribution < -0.4 is 4.74 Å². The van der Waals surface area contributed by atoms with E-state index in [-0.39, 0.29) is 11.3 Å². The standard InChI is InChI=1S/C24H24ClN3O5/c1-3-32-18-8-6-16(13-17(18)25)22(29)20-21(19-7-5-15(2)33-19)28(24(31)23(20)30)11-4-10-27-12-9-26-14-27/h5-9,12-14,21,29H,3-4,10-11H2,1-2H3/b22-20-. The Balaban J connectivity index is 1.71. The van der Waals surface area contributed by atoms with E-state index in [4.69, 9.17) is 20.8 Å². The zero-order chi connectivity index (χ0) is 23.5. The van der Waals surface area contributed by atoms with E-state index in [1.165, 1.54) is 11.0 Å². The van der Waals surface area contributed by atoms with Crippen LogP contribution in [0.3, 0.4) is 0 Å². The van der Waals surface area contributed by atoms with E-state index < -0.39 is 17.7 Å². The fourth-order valence-corrected chi connectivity index (χ4v) is 4.16. The first kappa shape index (κ1) is 22.7. The van der Waals surface area contributed by atoms with Gasteiger partial charge in [-0.05, 0) is 50.6 Å². The highest BCUT2D eigenvalue weighted by molar-refractivity contribution is 6.46. The molecule has 0 spiro atoms. The van der Waals surface area contributed by atoms with Crippen LogP contribution in [0.4, 0.5) is 0 Å². The molecule has 8 nitrogen and oxygen atoms in total. The molecule has 2 aromatic heterocycles. The molecule has 4 rings (SSSR count). The molecule has 3 aromatic rings. The number of amides is 1. The number of hydrogen-bond donors (Lipinski definition) is 1. The first-order valence-electron chi connectivity index (χ1n) is 10.6. The van der Waals surface area contributed by atoms with Gasteiger partial charge in [-0.3, -0.25) is 9.59 Å². The lowest BCUT2D eigenvalue weighted by molar-refractivity contribution is -0.140. The molecule has 0 radical (unpaired) electrons.